The monoisotopic (exact) mass is 608 g/mol. The van der Waals surface area contributed by atoms with Crippen LogP contribution in [0.25, 0.3) is 28.1 Å². The fourth-order valence-electron chi connectivity index (χ4n) is 4.23. The van der Waals surface area contributed by atoms with Crippen LogP contribution >= 0.6 is 22.6 Å². The average Bonchev–Trinajstić information content (AvgIpc) is 3.44. The Balaban J connectivity index is 1.72. The zero-order chi connectivity index (χ0) is 26.1. The summed E-state index contributed by atoms with van der Waals surface area (Å²) >= 11 is 2.26. The molecule has 5 aromatic rings. The van der Waals surface area contributed by atoms with E-state index in [-0.39, 0.29) is 9.74 Å². The van der Waals surface area contributed by atoms with Crippen molar-refractivity contribution in [2.75, 3.05) is 27.2 Å². The number of imidazole rings is 2. The molecule has 0 fully saturated rings. The maximum absolute atomic E-state index is 13.8. The molecule has 0 amide bonds. The highest BCUT2D eigenvalue weighted by Crippen LogP contribution is 2.34. The average molecular weight is 608 g/mol. The molecule has 37 heavy (non-hydrogen) atoms. The molecule has 0 saturated heterocycles. The van der Waals surface area contributed by atoms with Crippen molar-refractivity contribution >= 4 is 44.8 Å². The topological polar surface area (TPSA) is 107 Å². The lowest BCUT2D eigenvalue weighted by atomic mass is 10.2. The van der Waals surface area contributed by atoms with Crippen molar-refractivity contribution in [1.29, 1.82) is 5.26 Å². The number of likely N-dealkylation sites (N-methyl/N-ethyl adjacent to an activating group) is 1. The van der Waals surface area contributed by atoms with Crippen LogP contribution < -0.4 is 10.4 Å². The summed E-state index contributed by atoms with van der Waals surface area (Å²) in [5.41, 5.74) is 3.82. The van der Waals surface area contributed by atoms with Crippen LogP contribution in [0.2, 0.25) is 0 Å². The van der Waals surface area contributed by atoms with Gasteiger partial charge in [0.05, 0.1) is 35.5 Å². The highest BCUT2D eigenvalue weighted by Gasteiger charge is 2.24. The Bertz CT molecular complexity index is 1690. The highest BCUT2D eigenvalue weighted by atomic mass is 127. The van der Waals surface area contributed by atoms with Crippen molar-refractivity contribution in [1.82, 2.24) is 33.6 Å². The number of nitrogens with zero attached hydrogens (tertiary/aromatic N) is 8. The van der Waals surface area contributed by atoms with Crippen LogP contribution in [-0.4, -0.2) is 60.8 Å². The molecule has 11 heteroatoms. The van der Waals surface area contributed by atoms with E-state index in [1.807, 2.05) is 50.2 Å². The molecule has 188 valence electrons. The van der Waals surface area contributed by atoms with Crippen LogP contribution in [0.3, 0.4) is 0 Å². The maximum atomic E-state index is 13.8. The van der Waals surface area contributed by atoms with E-state index in [9.17, 15) is 10.1 Å². The molecule has 0 N–H and O–H groups in total. The van der Waals surface area contributed by atoms with Crippen molar-refractivity contribution in [3.8, 4) is 17.8 Å². The molecule has 0 aliphatic rings. The summed E-state index contributed by atoms with van der Waals surface area (Å²) in [6.45, 7) is 3.63. The zero-order valence-corrected chi connectivity index (χ0v) is 22.8. The molecule has 0 aliphatic carbocycles. The number of fused-ring (bicyclic) bond motifs is 2. The van der Waals surface area contributed by atoms with Gasteiger partial charge in [0, 0.05) is 18.7 Å². The predicted octanol–water partition coefficient (Wildman–Crippen LogP) is 3.75. The zero-order valence-electron chi connectivity index (χ0n) is 20.7. The minimum atomic E-state index is -0.372. The molecule has 0 saturated carbocycles. The lowest BCUT2D eigenvalue weighted by Crippen LogP contribution is -2.29. The number of aromatic nitrogens is 6. The van der Waals surface area contributed by atoms with Gasteiger partial charge < -0.3 is 9.64 Å². The van der Waals surface area contributed by atoms with Gasteiger partial charge in [-0.3, -0.25) is 13.7 Å². The SMILES string of the molecule is CCOc1ccccc1[C@@H](I)n1c(=O)n(CCN(C)C)c2cnc(-n3cnc4ccc(C#N)cc43)nc21. The highest BCUT2D eigenvalue weighted by molar-refractivity contribution is 14.1. The van der Waals surface area contributed by atoms with Gasteiger partial charge in [0.25, 0.3) is 0 Å². The first-order valence-electron chi connectivity index (χ1n) is 11.8. The molecule has 1 atom stereocenters. The van der Waals surface area contributed by atoms with Crippen LogP contribution in [-0.2, 0) is 6.54 Å². The van der Waals surface area contributed by atoms with Crippen molar-refractivity contribution in [3.05, 3.63) is 76.6 Å². The van der Waals surface area contributed by atoms with E-state index in [0.29, 0.717) is 47.9 Å². The Morgan fingerprint density at radius 1 is 1.16 bits per heavy atom. The standard InChI is InChI=1S/C26H25IN8O2/c1-4-37-22-8-6-5-7-18(22)23(27)35-24-21(33(26(35)36)12-11-32(2)3)15-29-25(31-24)34-16-30-19-10-9-17(14-28)13-20(19)34/h5-10,13,15-16,23H,4,11-12H2,1-3H3/t23-/m0/s1. The second-order valence-electron chi connectivity index (χ2n) is 8.72. The third-order valence-electron chi connectivity index (χ3n) is 6.06. The minimum Gasteiger partial charge on any atom is -0.493 e. The number of halogens is 1. The molecule has 0 spiro atoms. The molecule has 3 heterocycles. The molecule has 10 nitrogen and oxygen atoms in total. The van der Waals surface area contributed by atoms with Crippen LogP contribution in [0.4, 0.5) is 0 Å². The van der Waals surface area contributed by atoms with E-state index >= 15 is 0 Å². The van der Waals surface area contributed by atoms with Gasteiger partial charge in [0.1, 0.15) is 21.6 Å². The summed E-state index contributed by atoms with van der Waals surface area (Å²) in [6, 6.07) is 15.2. The normalized spacial score (nSPS) is 12.3. The molecular formula is C26H25IN8O2. The van der Waals surface area contributed by atoms with Crippen molar-refractivity contribution in [2.24, 2.45) is 0 Å². The van der Waals surface area contributed by atoms with E-state index in [1.165, 1.54) is 0 Å². The lowest BCUT2D eigenvalue weighted by Gasteiger charge is -2.16. The smallest absolute Gasteiger partial charge is 0.331 e. The summed E-state index contributed by atoms with van der Waals surface area (Å²) in [5.74, 6) is 1.09. The number of hydrogen-bond acceptors (Lipinski definition) is 7. The van der Waals surface area contributed by atoms with Crippen molar-refractivity contribution in [3.63, 3.8) is 0 Å². The van der Waals surface area contributed by atoms with E-state index in [0.717, 1.165) is 16.8 Å². The first-order chi connectivity index (χ1) is 17.9. The second-order valence-corrected chi connectivity index (χ2v) is 9.90. The van der Waals surface area contributed by atoms with Gasteiger partial charge in [-0.1, -0.05) is 40.8 Å². The number of rotatable bonds is 8. The van der Waals surface area contributed by atoms with Crippen LogP contribution in [0, 0.1) is 11.3 Å². The van der Waals surface area contributed by atoms with Crippen molar-refractivity contribution in [2.45, 2.75) is 17.5 Å². The van der Waals surface area contributed by atoms with Gasteiger partial charge in [-0.15, -0.1) is 0 Å². The Hall–Kier alpha value is -3.76. The largest absolute Gasteiger partial charge is 0.493 e. The summed E-state index contributed by atoms with van der Waals surface area (Å²) in [6.07, 6.45) is 3.31. The molecule has 0 aliphatic heterocycles. The summed E-state index contributed by atoms with van der Waals surface area (Å²) in [5, 5.41) is 9.36. The van der Waals surface area contributed by atoms with Crippen LogP contribution in [0.5, 0.6) is 5.75 Å². The number of nitriles is 1. The molecular weight excluding hydrogens is 583 g/mol. The molecule has 0 radical (unpaired) electrons. The van der Waals surface area contributed by atoms with Crippen LogP contribution in [0.15, 0.2) is 59.8 Å². The Morgan fingerprint density at radius 3 is 2.73 bits per heavy atom. The molecule has 0 unspecified atom stereocenters. The first kappa shape index (κ1) is 24.9. The summed E-state index contributed by atoms with van der Waals surface area (Å²) in [7, 11) is 3.94. The molecule has 2 aromatic carbocycles. The Kier molecular flexibility index (Phi) is 6.94. The second kappa shape index (κ2) is 10.3. The molecule has 5 rings (SSSR count). The van der Waals surface area contributed by atoms with Gasteiger partial charge in [-0.2, -0.15) is 10.2 Å². The fraction of sp³-hybridized carbons (Fsp3) is 0.269. The number of para-hydroxylation sites is 1. The van der Waals surface area contributed by atoms with E-state index in [4.69, 9.17) is 9.72 Å². The predicted molar refractivity (Wildman–Crippen MR) is 149 cm³/mol. The Morgan fingerprint density at radius 2 is 1.97 bits per heavy atom. The van der Waals surface area contributed by atoms with E-state index in [2.05, 4.69) is 38.6 Å². The lowest BCUT2D eigenvalue weighted by molar-refractivity contribution is 0.336. The molecule has 3 aromatic heterocycles. The molecule has 0 bridgehead atoms. The number of ether oxygens (including phenoxy) is 1. The van der Waals surface area contributed by atoms with Gasteiger partial charge in [-0.05, 0) is 45.3 Å². The summed E-state index contributed by atoms with van der Waals surface area (Å²) in [4.78, 5) is 29.7. The third kappa shape index (κ3) is 4.58. The van der Waals surface area contributed by atoms with E-state index < -0.39 is 0 Å². The Labute approximate surface area is 226 Å². The maximum Gasteiger partial charge on any atom is 0.331 e. The quantitative estimate of drug-likeness (QED) is 0.195. The van der Waals surface area contributed by atoms with Crippen molar-refractivity contribution < 1.29 is 4.74 Å². The van der Waals surface area contributed by atoms with E-state index in [1.54, 1.807) is 44.4 Å². The fourth-order valence-corrected chi connectivity index (χ4v) is 5.24. The third-order valence-corrected chi connectivity index (χ3v) is 7.29. The summed E-state index contributed by atoms with van der Waals surface area (Å²) < 4.78 is 10.6. The number of benzene rings is 2. The number of alkyl halides is 1. The van der Waals surface area contributed by atoms with Gasteiger partial charge in [-0.25, -0.2) is 14.8 Å². The minimum absolute atomic E-state index is 0.170. The van der Waals surface area contributed by atoms with Gasteiger partial charge >= 0.3 is 5.69 Å². The first-order valence-corrected chi connectivity index (χ1v) is 13.0. The van der Waals surface area contributed by atoms with Gasteiger partial charge in [0.15, 0.2) is 5.65 Å². The number of hydrogen-bond donors (Lipinski definition) is 0. The van der Waals surface area contributed by atoms with Gasteiger partial charge in [0.2, 0.25) is 5.95 Å². The van der Waals surface area contributed by atoms with Crippen LogP contribution in [0.1, 0.15) is 22.1 Å².